The van der Waals surface area contributed by atoms with Gasteiger partial charge >= 0.3 is 0 Å². The van der Waals surface area contributed by atoms with Crippen LogP contribution in [0.3, 0.4) is 0 Å². The molecule has 23 heavy (non-hydrogen) atoms. The lowest BCUT2D eigenvalue weighted by Crippen LogP contribution is -2.28. The highest BCUT2D eigenvalue weighted by Crippen LogP contribution is 2.18. The SMILES string of the molecule is Cc1nn(-c2ncc(NC(=O)C3CCOCC3)cn2)c(C)c1C. The average Bonchev–Trinajstić information content (AvgIpc) is 2.84. The minimum atomic E-state index is 0.00193. The van der Waals surface area contributed by atoms with E-state index < -0.39 is 0 Å². The van der Waals surface area contributed by atoms with Gasteiger partial charge in [-0.3, -0.25) is 4.79 Å². The van der Waals surface area contributed by atoms with Crippen molar-refractivity contribution in [2.75, 3.05) is 18.5 Å². The van der Waals surface area contributed by atoms with Crippen molar-refractivity contribution in [1.82, 2.24) is 19.7 Å². The summed E-state index contributed by atoms with van der Waals surface area (Å²) in [5, 5.41) is 7.31. The molecular weight excluding hydrogens is 294 g/mol. The molecule has 7 nitrogen and oxygen atoms in total. The average molecular weight is 315 g/mol. The molecule has 2 aromatic heterocycles. The second-order valence-corrected chi connectivity index (χ2v) is 5.86. The summed E-state index contributed by atoms with van der Waals surface area (Å²) < 4.78 is 6.99. The van der Waals surface area contributed by atoms with Gasteiger partial charge in [0.05, 0.1) is 23.8 Å². The lowest BCUT2D eigenvalue weighted by atomic mass is 9.99. The van der Waals surface area contributed by atoms with Gasteiger partial charge in [-0.15, -0.1) is 0 Å². The van der Waals surface area contributed by atoms with E-state index in [1.807, 2.05) is 20.8 Å². The number of amides is 1. The fourth-order valence-electron chi connectivity index (χ4n) is 2.61. The molecule has 1 aliphatic heterocycles. The van der Waals surface area contributed by atoms with Crippen molar-refractivity contribution >= 4 is 11.6 Å². The van der Waals surface area contributed by atoms with Crippen molar-refractivity contribution in [1.29, 1.82) is 0 Å². The molecular formula is C16H21N5O2. The summed E-state index contributed by atoms with van der Waals surface area (Å²) in [6, 6.07) is 0. The number of rotatable bonds is 3. The number of hydrogen-bond acceptors (Lipinski definition) is 5. The van der Waals surface area contributed by atoms with Gasteiger partial charge < -0.3 is 10.1 Å². The fraction of sp³-hybridized carbons (Fsp3) is 0.500. The molecule has 1 N–H and O–H groups in total. The molecule has 1 amide bonds. The Labute approximate surface area is 135 Å². The van der Waals surface area contributed by atoms with E-state index >= 15 is 0 Å². The van der Waals surface area contributed by atoms with Crippen molar-refractivity contribution in [3.05, 3.63) is 29.3 Å². The molecule has 7 heteroatoms. The van der Waals surface area contributed by atoms with Crippen LogP contribution >= 0.6 is 0 Å². The number of aromatic nitrogens is 4. The number of nitrogens with one attached hydrogen (secondary N) is 1. The van der Waals surface area contributed by atoms with Gasteiger partial charge in [0.25, 0.3) is 5.95 Å². The highest BCUT2D eigenvalue weighted by Gasteiger charge is 2.21. The molecule has 0 unspecified atom stereocenters. The molecule has 122 valence electrons. The molecule has 0 spiro atoms. The van der Waals surface area contributed by atoms with Crippen molar-refractivity contribution in [2.45, 2.75) is 33.6 Å². The molecule has 0 atom stereocenters. The molecule has 0 aliphatic carbocycles. The second kappa shape index (κ2) is 6.45. The minimum absolute atomic E-state index is 0.00193. The number of carbonyl (C=O) groups is 1. The standard InChI is InChI=1S/C16H21N5O2/c1-10-11(2)20-21(12(10)3)16-17-8-14(9-18-16)19-15(22)13-4-6-23-7-5-13/h8-9,13H,4-7H2,1-3H3,(H,19,22). The molecule has 1 fully saturated rings. The van der Waals surface area contributed by atoms with Crippen LogP contribution in [0.1, 0.15) is 29.8 Å². The third-order valence-corrected chi connectivity index (χ3v) is 4.34. The summed E-state index contributed by atoms with van der Waals surface area (Å²) in [4.78, 5) is 20.8. The van der Waals surface area contributed by atoms with Crippen molar-refractivity contribution in [2.24, 2.45) is 5.92 Å². The van der Waals surface area contributed by atoms with E-state index in [9.17, 15) is 4.79 Å². The maximum atomic E-state index is 12.2. The summed E-state index contributed by atoms with van der Waals surface area (Å²) >= 11 is 0. The first-order valence-electron chi connectivity index (χ1n) is 7.80. The maximum absolute atomic E-state index is 12.2. The van der Waals surface area contributed by atoms with Gasteiger partial charge in [0, 0.05) is 24.8 Å². The maximum Gasteiger partial charge on any atom is 0.250 e. The molecule has 3 heterocycles. The van der Waals surface area contributed by atoms with Crippen LogP contribution in [0, 0.1) is 26.7 Å². The van der Waals surface area contributed by atoms with Gasteiger partial charge in [0.15, 0.2) is 0 Å². The Hall–Kier alpha value is -2.28. The van der Waals surface area contributed by atoms with Crippen LogP contribution in [0.2, 0.25) is 0 Å². The molecule has 3 rings (SSSR count). The second-order valence-electron chi connectivity index (χ2n) is 5.86. The first-order valence-corrected chi connectivity index (χ1v) is 7.80. The number of aryl methyl sites for hydroxylation is 1. The Bertz CT molecular complexity index is 702. The van der Waals surface area contributed by atoms with Gasteiger partial charge in [0.1, 0.15) is 0 Å². The van der Waals surface area contributed by atoms with E-state index in [2.05, 4.69) is 20.4 Å². The Balaban J connectivity index is 1.71. The van der Waals surface area contributed by atoms with E-state index in [1.54, 1.807) is 17.1 Å². The Kier molecular flexibility index (Phi) is 4.38. The van der Waals surface area contributed by atoms with Gasteiger partial charge in [-0.05, 0) is 39.2 Å². The van der Waals surface area contributed by atoms with E-state index in [1.165, 1.54) is 0 Å². The summed E-state index contributed by atoms with van der Waals surface area (Å²) in [6.07, 6.45) is 4.75. The zero-order valence-corrected chi connectivity index (χ0v) is 13.7. The van der Waals surface area contributed by atoms with E-state index in [0.717, 1.165) is 29.8 Å². The highest BCUT2D eigenvalue weighted by atomic mass is 16.5. The molecule has 0 saturated carbocycles. The Morgan fingerprint density at radius 1 is 1.22 bits per heavy atom. The summed E-state index contributed by atoms with van der Waals surface area (Å²) in [5.74, 6) is 0.511. The van der Waals surface area contributed by atoms with Crippen molar-refractivity contribution in [3.63, 3.8) is 0 Å². The van der Waals surface area contributed by atoms with Crippen molar-refractivity contribution < 1.29 is 9.53 Å². The molecule has 0 aromatic carbocycles. The zero-order chi connectivity index (χ0) is 16.4. The third kappa shape index (κ3) is 3.24. The predicted octanol–water partition coefficient (Wildman–Crippen LogP) is 1.95. The number of carbonyl (C=O) groups excluding carboxylic acids is 1. The quantitative estimate of drug-likeness (QED) is 0.936. The van der Waals surface area contributed by atoms with Gasteiger partial charge in [-0.1, -0.05) is 0 Å². The van der Waals surface area contributed by atoms with Crippen LogP contribution in [0.4, 0.5) is 5.69 Å². The van der Waals surface area contributed by atoms with E-state index in [4.69, 9.17) is 4.74 Å². The predicted molar refractivity (Wildman–Crippen MR) is 85.5 cm³/mol. The Morgan fingerprint density at radius 3 is 2.43 bits per heavy atom. The van der Waals surface area contributed by atoms with Gasteiger partial charge in [-0.25, -0.2) is 14.6 Å². The topological polar surface area (TPSA) is 81.9 Å². The summed E-state index contributed by atoms with van der Waals surface area (Å²) in [6.45, 7) is 7.26. The number of hydrogen-bond donors (Lipinski definition) is 1. The highest BCUT2D eigenvalue weighted by molar-refractivity contribution is 5.92. The molecule has 2 aromatic rings. The van der Waals surface area contributed by atoms with Crippen molar-refractivity contribution in [3.8, 4) is 5.95 Å². The van der Waals surface area contributed by atoms with Crippen LogP contribution in [0.5, 0.6) is 0 Å². The number of anilines is 1. The molecule has 1 aliphatic rings. The lowest BCUT2D eigenvalue weighted by molar-refractivity contribution is -0.122. The zero-order valence-electron chi connectivity index (χ0n) is 13.7. The molecule has 0 radical (unpaired) electrons. The lowest BCUT2D eigenvalue weighted by Gasteiger charge is -2.21. The smallest absolute Gasteiger partial charge is 0.250 e. The van der Waals surface area contributed by atoms with Crippen LogP contribution in [-0.2, 0) is 9.53 Å². The van der Waals surface area contributed by atoms with Crippen LogP contribution < -0.4 is 5.32 Å². The first kappa shape index (κ1) is 15.6. The van der Waals surface area contributed by atoms with Crippen LogP contribution in [-0.4, -0.2) is 38.9 Å². The summed E-state index contributed by atoms with van der Waals surface area (Å²) in [5.41, 5.74) is 3.71. The van der Waals surface area contributed by atoms with E-state index in [-0.39, 0.29) is 11.8 Å². The minimum Gasteiger partial charge on any atom is -0.381 e. The largest absolute Gasteiger partial charge is 0.381 e. The van der Waals surface area contributed by atoms with Gasteiger partial charge in [0.2, 0.25) is 5.91 Å². The monoisotopic (exact) mass is 315 g/mol. The van der Waals surface area contributed by atoms with Gasteiger partial charge in [-0.2, -0.15) is 5.10 Å². The third-order valence-electron chi connectivity index (χ3n) is 4.34. The molecule has 0 bridgehead atoms. The normalized spacial score (nSPS) is 15.6. The Morgan fingerprint density at radius 2 is 1.87 bits per heavy atom. The molecule has 1 saturated heterocycles. The number of nitrogens with zero attached hydrogens (tertiary/aromatic N) is 4. The number of ether oxygens (including phenoxy) is 1. The van der Waals surface area contributed by atoms with E-state index in [0.29, 0.717) is 24.8 Å². The fourth-order valence-corrected chi connectivity index (χ4v) is 2.61. The summed E-state index contributed by atoms with van der Waals surface area (Å²) in [7, 11) is 0. The first-order chi connectivity index (χ1) is 11.1. The van der Waals surface area contributed by atoms with Crippen LogP contribution in [0.15, 0.2) is 12.4 Å². The van der Waals surface area contributed by atoms with Crippen LogP contribution in [0.25, 0.3) is 5.95 Å².